The minimum Gasteiger partial charge on any atom is -0.379 e. The van der Waals surface area contributed by atoms with Crippen LogP contribution in [0.2, 0.25) is 0 Å². The average molecular weight is 295 g/mol. The first kappa shape index (κ1) is 18.6. The molecule has 6 heteroatoms. The summed E-state index contributed by atoms with van der Waals surface area (Å²) in [5.41, 5.74) is 5.87. The molecule has 5 nitrogen and oxygen atoms in total. The smallest absolute Gasteiger partial charge is 0.239 e. The van der Waals surface area contributed by atoms with Crippen LogP contribution in [-0.4, -0.2) is 55.9 Å². The number of amides is 1. The summed E-state index contributed by atoms with van der Waals surface area (Å²) in [6, 6.07) is -0.396. The second kappa shape index (κ2) is 9.53. The van der Waals surface area contributed by atoms with Gasteiger partial charge in [-0.25, -0.2) is 0 Å². The van der Waals surface area contributed by atoms with Crippen molar-refractivity contribution in [1.29, 1.82) is 0 Å². The van der Waals surface area contributed by atoms with E-state index in [-0.39, 0.29) is 30.3 Å². The third-order valence-corrected chi connectivity index (χ3v) is 3.25. The number of carbonyl (C=O) groups is 1. The van der Waals surface area contributed by atoms with Crippen molar-refractivity contribution in [2.24, 2.45) is 11.7 Å². The highest BCUT2D eigenvalue weighted by Gasteiger charge is 2.30. The van der Waals surface area contributed by atoms with Gasteiger partial charge in [0.05, 0.1) is 25.4 Å². The highest BCUT2D eigenvalue weighted by atomic mass is 35.5. The summed E-state index contributed by atoms with van der Waals surface area (Å²) in [6.45, 7) is 9.22. The van der Waals surface area contributed by atoms with Gasteiger partial charge in [-0.15, -0.1) is 12.4 Å². The van der Waals surface area contributed by atoms with Gasteiger partial charge in [0.1, 0.15) is 0 Å². The van der Waals surface area contributed by atoms with E-state index in [4.69, 9.17) is 15.2 Å². The molecule has 0 saturated carbocycles. The lowest BCUT2D eigenvalue weighted by atomic mass is 10.0. The van der Waals surface area contributed by atoms with Gasteiger partial charge in [0.15, 0.2) is 0 Å². The summed E-state index contributed by atoms with van der Waals surface area (Å²) in [5, 5.41) is 0. The Hall–Kier alpha value is -0.360. The highest BCUT2D eigenvalue weighted by molar-refractivity contribution is 5.85. The Bertz CT molecular complexity index is 264. The van der Waals surface area contributed by atoms with Crippen LogP contribution in [0.15, 0.2) is 0 Å². The highest BCUT2D eigenvalue weighted by Crippen LogP contribution is 2.15. The van der Waals surface area contributed by atoms with Crippen LogP contribution < -0.4 is 5.73 Å². The van der Waals surface area contributed by atoms with Crippen LogP contribution in [0.5, 0.6) is 0 Å². The molecular formula is C13H27ClN2O3. The second-order valence-corrected chi connectivity index (χ2v) is 5.03. The molecule has 0 bridgehead atoms. The summed E-state index contributed by atoms with van der Waals surface area (Å²) in [6.07, 6.45) is 1.02. The molecule has 1 amide bonds. The SMILES string of the molecule is CCOCCO[C@H]1CCN(C(=O)[C@@H](N)C(C)C)C1.Cl. The van der Waals surface area contributed by atoms with Crippen LogP contribution in [0.3, 0.4) is 0 Å². The van der Waals surface area contributed by atoms with Crippen molar-refractivity contribution in [3.63, 3.8) is 0 Å². The van der Waals surface area contributed by atoms with Crippen molar-refractivity contribution < 1.29 is 14.3 Å². The van der Waals surface area contributed by atoms with Crippen molar-refractivity contribution in [2.75, 3.05) is 32.9 Å². The number of nitrogens with zero attached hydrogens (tertiary/aromatic N) is 1. The molecule has 0 spiro atoms. The first-order chi connectivity index (χ1) is 8.56. The van der Waals surface area contributed by atoms with Crippen molar-refractivity contribution in [2.45, 2.75) is 39.3 Å². The van der Waals surface area contributed by atoms with Crippen molar-refractivity contribution in [3.05, 3.63) is 0 Å². The number of nitrogens with two attached hydrogens (primary N) is 1. The van der Waals surface area contributed by atoms with Crippen molar-refractivity contribution in [3.8, 4) is 0 Å². The van der Waals surface area contributed by atoms with Gasteiger partial charge < -0.3 is 20.1 Å². The molecule has 0 aliphatic carbocycles. The van der Waals surface area contributed by atoms with Gasteiger partial charge in [0.25, 0.3) is 0 Å². The molecule has 1 saturated heterocycles. The Morgan fingerprint density at radius 3 is 2.68 bits per heavy atom. The maximum Gasteiger partial charge on any atom is 0.239 e. The van der Waals surface area contributed by atoms with Gasteiger partial charge in [-0.05, 0) is 19.3 Å². The summed E-state index contributed by atoms with van der Waals surface area (Å²) in [5.74, 6) is 0.219. The maximum atomic E-state index is 12.0. The van der Waals surface area contributed by atoms with Gasteiger partial charge in [-0.3, -0.25) is 4.79 Å². The van der Waals surface area contributed by atoms with E-state index < -0.39 is 6.04 Å². The molecule has 0 aromatic carbocycles. The molecule has 2 N–H and O–H groups in total. The van der Waals surface area contributed by atoms with E-state index in [9.17, 15) is 4.79 Å². The number of halogens is 1. The first-order valence-corrected chi connectivity index (χ1v) is 6.80. The van der Waals surface area contributed by atoms with Crippen LogP contribution in [0.1, 0.15) is 27.2 Å². The fourth-order valence-corrected chi connectivity index (χ4v) is 1.98. The molecule has 2 atom stereocenters. The Balaban J connectivity index is 0.00000324. The zero-order chi connectivity index (χ0) is 13.5. The zero-order valence-corrected chi connectivity index (χ0v) is 12.9. The fourth-order valence-electron chi connectivity index (χ4n) is 1.98. The maximum absolute atomic E-state index is 12.0. The molecule has 0 aromatic heterocycles. The zero-order valence-electron chi connectivity index (χ0n) is 12.1. The number of carbonyl (C=O) groups excluding carboxylic acids is 1. The van der Waals surface area contributed by atoms with Gasteiger partial charge in [-0.1, -0.05) is 13.8 Å². The number of ether oxygens (including phenoxy) is 2. The molecule has 19 heavy (non-hydrogen) atoms. The first-order valence-electron chi connectivity index (χ1n) is 6.80. The lowest BCUT2D eigenvalue weighted by molar-refractivity contribution is -0.133. The number of rotatable bonds is 7. The molecule has 1 fully saturated rings. The van der Waals surface area contributed by atoms with Gasteiger partial charge >= 0.3 is 0 Å². The molecule has 0 radical (unpaired) electrons. The van der Waals surface area contributed by atoms with Crippen molar-refractivity contribution in [1.82, 2.24) is 4.90 Å². The summed E-state index contributed by atoms with van der Waals surface area (Å²) in [7, 11) is 0. The summed E-state index contributed by atoms with van der Waals surface area (Å²) >= 11 is 0. The molecule has 114 valence electrons. The standard InChI is InChI=1S/C13H26N2O3.ClH/c1-4-17-7-8-18-11-5-6-15(9-11)13(16)12(14)10(2)3;/h10-12H,4-9,14H2,1-3H3;1H/t11-,12-;/m0./s1. The van der Waals surface area contributed by atoms with E-state index in [2.05, 4.69) is 0 Å². The predicted molar refractivity (Wildman–Crippen MR) is 77.5 cm³/mol. The largest absolute Gasteiger partial charge is 0.379 e. The lowest BCUT2D eigenvalue weighted by Crippen LogP contribution is -2.45. The van der Waals surface area contributed by atoms with E-state index in [0.29, 0.717) is 26.4 Å². The Kier molecular flexibility index (Phi) is 9.35. The molecule has 1 rings (SSSR count). The monoisotopic (exact) mass is 294 g/mol. The summed E-state index contributed by atoms with van der Waals surface area (Å²) in [4.78, 5) is 13.8. The van der Waals surface area contributed by atoms with E-state index in [1.165, 1.54) is 0 Å². The normalized spacial score (nSPS) is 20.5. The van der Waals surface area contributed by atoms with Crippen LogP contribution in [-0.2, 0) is 14.3 Å². The molecular weight excluding hydrogens is 268 g/mol. The number of hydrogen-bond acceptors (Lipinski definition) is 4. The second-order valence-electron chi connectivity index (χ2n) is 5.03. The molecule has 1 aliphatic rings. The van der Waals surface area contributed by atoms with Gasteiger partial charge in [-0.2, -0.15) is 0 Å². The Morgan fingerprint density at radius 2 is 2.11 bits per heavy atom. The van der Waals surface area contributed by atoms with Crippen LogP contribution in [0, 0.1) is 5.92 Å². The molecule has 1 heterocycles. The van der Waals surface area contributed by atoms with Crippen LogP contribution in [0.25, 0.3) is 0 Å². The minimum absolute atomic E-state index is 0. The topological polar surface area (TPSA) is 64.8 Å². The quantitative estimate of drug-likeness (QED) is 0.713. The van der Waals surface area contributed by atoms with E-state index in [0.717, 1.165) is 13.0 Å². The number of likely N-dealkylation sites (tertiary alicyclic amines) is 1. The number of hydrogen-bond donors (Lipinski definition) is 1. The lowest BCUT2D eigenvalue weighted by Gasteiger charge is -2.23. The van der Waals surface area contributed by atoms with Crippen LogP contribution in [0.4, 0.5) is 0 Å². The van der Waals surface area contributed by atoms with Gasteiger partial charge in [0, 0.05) is 19.7 Å². The third kappa shape index (κ3) is 6.08. The van der Waals surface area contributed by atoms with E-state index in [1.54, 1.807) is 0 Å². The Morgan fingerprint density at radius 1 is 1.42 bits per heavy atom. The van der Waals surface area contributed by atoms with Crippen molar-refractivity contribution >= 4 is 18.3 Å². The molecule has 1 aliphatic heterocycles. The predicted octanol–water partition coefficient (Wildman–Crippen LogP) is 1.05. The Labute approximate surface area is 122 Å². The van der Waals surface area contributed by atoms with Crippen LogP contribution >= 0.6 is 12.4 Å². The summed E-state index contributed by atoms with van der Waals surface area (Å²) < 4.78 is 10.9. The minimum atomic E-state index is -0.396. The van der Waals surface area contributed by atoms with E-state index >= 15 is 0 Å². The fraction of sp³-hybridized carbons (Fsp3) is 0.923. The van der Waals surface area contributed by atoms with Gasteiger partial charge in [0.2, 0.25) is 5.91 Å². The van der Waals surface area contributed by atoms with E-state index in [1.807, 2.05) is 25.7 Å². The molecule has 0 unspecified atom stereocenters. The third-order valence-electron chi connectivity index (χ3n) is 3.25. The average Bonchev–Trinajstić information content (AvgIpc) is 2.81. The molecule has 0 aromatic rings.